The maximum Gasteiger partial charge on any atom is 0.205 e. The second-order valence-corrected chi connectivity index (χ2v) is 8.32. The average Bonchev–Trinajstić information content (AvgIpc) is 2.99. The van der Waals surface area contributed by atoms with E-state index in [1.807, 2.05) is 0 Å². The number of rotatable bonds is 4. The Morgan fingerprint density at radius 2 is 1.83 bits per heavy atom. The molecule has 0 bridgehead atoms. The summed E-state index contributed by atoms with van der Waals surface area (Å²) >= 11 is 1.69. The highest BCUT2D eigenvalue weighted by Gasteiger charge is 2.22. The van der Waals surface area contributed by atoms with Gasteiger partial charge in [-0.25, -0.2) is 0 Å². The Bertz CT molecular complexity index is 609. The molecule has 124 valence electrons. The molecule has 0 atom stereocenters. The third kappa shape index (κ3) is 4.52. The van der Waals surface area contributed by atoms with Crippen molar-refractivity contribution in [2.24, 2.45) is 0 Å². The molecule has 1 aliphatic heterocycles. The van der Waals surface area contributed by atoms with Crippen molar-refractivity contribution < 1.29 is 0 Å². The maximum absolute atomic E-state index is 4.32. The molecule has 1 aliphatic rings. The number of piperidine rings is 1. The van der Waals surface area contributed by atoms with Gasteiger partial charge in [0.25, 0.3) is 0 Å². The summed E-state index contributed by atoms with van der Waals surface area (Å²) in [4.78, 5) is 2.54. The fourth-order valence-corrected chi connectivity index (χ4v) is 3.71. The number of nitrogens with one attached hydrogen (secondary N) is 1. The van der Waals surface area contributed by atoms with E-state index in [0.29, 0.717) is 6.04 Å². The predicted molar refractivity (Wildman–Crippen MR) is 97.0 cm³/mol. The molecule has 0 saturated carbocycles. The number of benzene rings is 1. The Balaban J connectivity index is 1.48. The second kappa shape index (κ2) is 6.97. The van der Waals surface area contributed by atoms with Gasteiger partial charge in [-0.15, -0.1) is 10.2 Å². The zero-order chi connectivity index (χ0) is 16.3. The minimum Gasteiger partial charge on any atom is -0.357 e. The fraction of sp³-hybridized carbons (Fsp3) is 0.556. The first kappa shape index (κ1) is 16.4. The van der Waals surface area contributed by atoms with Gasteiger partial charge in [-0.2, -0.15) is 0 Å². The van der Waals surface area contributed by atoms with E-state index in [9.17, 15) is 0 Å². The number of hydrogen-bond donors (Lipinski definition) is 1. The van der Waals surface area contributed by atoms with E-state index in [0.717, 1.165) is 42.6 Å². The zero-order valence-corrected chi connectivity index (χ0v) is 15.1. The van der Waals surface area contributed by atoms with Crippen molar-refractivity contribution >= 4 is 16.5 Å². The molecule has 2 heterocycles. The van der Waals surface area contributed by atoms with E-state index in [-0.39, 0.29) is 5.41 Å². The molecule has 0 unspecified atom stereocenters. The summed E-state index contributed by atoms with van der Waals surface area (Å²) < 4.78 is 0. The number of hydrogen-bond acceptors (Lipinski definition) is 5. The van der Waals surface area contributed by atoms with Crippen LogP contribution in [-0.2, 0) is 12.0 Å². The third-order valence-electron chi connectivity index (χ3n) is 4.23. The monoisotopic (exact) mass is 330 g/mol. The summed E-state index contributed by atoms with van der Waals surface area (Å²) in [7, 11) is 0. The quantitative estimate of drug-likeness (QED) is 0.923. The van der Waals surface area contributed by atoms with Crippen molar-refractivity contribution in [3.63, 3.8) is 0 Å². The molecule has 0 spiro atoms. The van der Waals surface area contributed by atoms with Gasteiger partial charge in [0.05, 0.1) is 0 Å². The number of nitrogens with zero attached hydrogens (tertiary/aromatic N) is 3. The van der Waals surface area contributed by atoms with Crippen LogP contribution in [-0.4, -0.2) is 34.2 Å². The van der Waals surface area contributed by atoms with Crippen LogP contribution in [0.5, 0.6) is 0 Å². The first-order valence-electron chi connectivity index (χ1n) is 8.37. The molecule has 1 N–H and O–H groups in total. The normalized spacial score (nSPS) is 17.3. The van der Waals surface area contributed by atoms with Gasteiger partial charge in [0.15, 0.2) is 0 Å². The Hall–Kier alpha value is -1.46. The molecule has 0 radical (unpaired) electrons. The summed E-state index contributed by atoms with van der Waals surface area (Å²) in [5.74, 6) is 0. The van der Waals surface area contributed by atoms with Crippen LogP contribution in [0.1, 0.15) is 44.2 Å². The minimum atomic E-state index is 0.0800. The van der Waals surface area contributed by atoms with E-state index >= 15 is 0 Å². The van der Waals surface area contributed by atoms with E-state index in [1.165, 1.54) is 5.56 Å². The summed E-state index contributed by atoms with van der Waals surface area (Å²) in [5, 5.41) is 14.3. The molecule has 5 heteroatoms. The van der Waals surface area contributed by atoms with Crippen molar-refractivity contribution in [2.75, 3.05) is 18.4 Å². The Labute approximate surface area is 142 Å². The Kier molecular flexibility index (Phi) is 4.97. The van der Waals surface area contributed by atoms with Crippen LogP contribution in [0.25, 0.3) is 0 Å². The van der Waals surface area contributed by atoms with E-state index in [2.05, 4.69) is 71.5 Å². The largest absolute Gasteiger partial charge is 0.357 e. The smallest absolute Gasteiger partial charge is 0.205 e. The lowest BCUT2D eigenvalue weighted by atomic mass is 9.98. The van der Waals surface area contributed by atoms with Crippen LogP contribution in [0.2, 0.25) is 0 Å². The molecule has 1 aromatic heterocycles. The minimum absolute atomic E-state index is 0.0800. The second-order valence-electron chi connectivity index (χ2n) is 7.34. The van der Waals surface area contributed by atoms with Crippen molar-refractivity contribution in [3.8, 4) is 0 Å². The SMILES string of the molecule is CC(C)(C)c1nnc(NC2CCN(Cc3ccccc3)CC2)s1. The number of likely N-dealkylation sites (tertiary alicyclic amines) is 1. The highest BCUT2D eigenvalue weighted by molar-refractivity contribution is 7.15. The van der Waals surface area contributed by atoms with Crippen molar-refractivity contribution in [1.82, 2.24) is 15.1 Å². The zero-order valence-electron chi connectivity index (χ0n) is 14.2. The highest BCUT2D eigenvalue weighted by Crippen LogP contribution is 2.29. The van der Waals surface area contributed by atoms with Crippen LogP contribution in [0.3, 0.4) is 0 Å². The van der Waals surface area contributed by atoms with E-state index in [4.69, 9.17) is 0 Å². The van der Waals surface area contributed by atoms with Gasteiger partial charge in [-0.1, -0.05) is 62.4 Å². The Morgan fingerprint density at radius 1 is 1.13 bits per heavy atom. The maximum atomic E-state index is 4.32. The van der Waals surface area contributed by atoms with Gasteiger partial charge in [-0.05, 0) is 18.4 Å². The molecule has 4 nitrogen and oxygen atoms in total. The van der Waals surface area contributed by atoms with Gasteiger partial charge in [-0.3, -0.25) is 4.90 Å². The van der Waals surface area contributed by atoms with Gasteiger partial charge in [0, 0.05) is 31.1 Å². The van der Waals surface area contributed by atoms with Crippen molar-refractivity contribution in [3.05, 3.63) is 40.9 Å². The van der Waals surface area contributed by atoms with Gasteiger partial charge >= 0.3 is 0 Å². The van der Waals surface area contributed by atoms with Crippen LogP contribution in [0.4, 0.5) is 5.13 Å². The lowest BCUT2D eigenvalue weighted by molar-refractivity contribution is 0.211. The molecule has 2 aromatic rings. The topological polar surface area (TPSA) is 41.1 Å². The molecular weight excluding hydrogens is 304 g/mol. The molecule has 0 amide bonds. The van der Waals surface area contributed by atoms with Crippen molar-refractivity contribution in [1.29, 1.82) is 0 Å². The van der Waals surface area contributed by atoms with Crippen LogP contribution >= 0.6 is 11.3 Å². The molecule has 1 fully saturated rings. The predicted octanol–water partition coefficient (Wildman–Crippen LogP) is 3.91. The molecule has 1 aromatic carbocycles. The summed E-state index contributed by atoms with van der Waals surface area (Å²) in [6.07, 6.45) is 2.33. The molecule has 1 saturated heterocycles. The first-order chi connectivity index (χ1) is 11.0. The van der Waals surface area contributed by atoms with E-state index in [1.54, 1.807) is 11.3 Å². The van der Waals surface area contributed by atoms with Crippen molar-refractivity contribution in [2.45, 2.75) is 51.6 Å². The van der Waals surface area contributed by atoms with Crippen LogP contribution < -0.4 is 5.32 Å². The third-order valence-corrected chi connectivity index (χ3v) is 5.51. The van der Waals surface area contributed by atoms with Gasteiger partial charge in [0.1, 0.15) is 5.01 Å². The summed E-state index contributed by atoms with van der Waals surface area (Å²) in [6, 6.07) is 11.2. The van der Waals surface area contributed by atoms with Crippen LogP contribution in [0.15, 0.2) is 30.3 Å². The first-order valence-corrected chi connectivity index (χ1v) is 9.19. The van der Waals surface area contributed by atoms with Crippen LogP contribution in [0, 0.1) is 0 Å². The Morgan fingerprint density at radius 3 is 2.43 bits per heavy atom. The standard InChI is InChI=1S/C18H26N4S/c1-18(2,3)16-20-21-17(23-16)19-15-9-11-22(12-10-15)13-14-7-5-4-6-8-14/h4-8,15H,9-13H2,1-3H3,(H,19,21). The number of anilines is 1. The summed E-state index contributed by atoms with van der Waals surface area (Å²) in [6.45, 7) is 9.87. The van der Waals surface area contributed by atoms with Gasteiger partial charge in [0.2, 0.25) is 5.13 Å². The summed E-state index contributed by atoms with van der Waals surface area (Å²) in [5.41, 5.74) is 1.48. The molecule has 0 aliphatic carbocycles. The average molecular weight is 331 g/mol. The highest BCUT2D eigenvalue weighted by atomic mass is 32.1. The van der Waals surface area contributed by atoms with Gasteiger partial charge < -0.3 is 5.32 Å². The van der Waals surface area contributed by atoms with E-state index < -0.39 is 0 Å². The lowest BCUT2D eigenvalue weighted by Gasteiger charge is -2.32. The molecule has 23 heavy (non-hydrogen) atoms. The number of aromatic nitrogens is 2. The fourth-order valence-electron chi connectivity index (χ4n) is 2.84. The molecule has 3 rings (SSSR count). The lowest BCUT2D eigenvalue weighted by Crippen LogP contribution is -2.38. The molecular formula is C18H26N4S.